The molecule has 11 heteroatoms. The van der Waals surface area contributed by atoms with Gasteiger partial charge in [0.2, 0.25) is 6.10 Å². The Balaban J connectivity index is 1.66. The number of thiophene rings is 1. The number of ether oxygens (including phenoxy) is 3. The summed E-state index contributed by atoms with van der Waals surface area (Å²) in [5.41, 5.74) is 1.07. The highest BCUT2D eigenvalue weighted by Gasteiger charge is 2.32. The highest BCUT2D eigenvalue weighted by molar-refractivity contribution is 7.17. The molecular formula is C28H28N2O8S. The number of carbonyl (C=O) groups excluding carboxylic acids is 3. The first-order chi connectivity index (χ1) is 18.7. The van der Waals surface area contributed by atoms with Gasteiger partial charge < -0.3 is 19.5 Å². The summed E-state index contributed by atoms with van der Waals surface area (Å²) in [6.07, 6.45) is 1.01. The van der Waals surface area contributed by atoms with Gasteiger partial charge in [0, 0.05) is 16.5 Å². The zero-order valence-corrected chi connectivity index (χ0v) is 22.5. The fourth-order valence-electron chi connectivity index (χ4n) is 4.47. The van der Waals surface area contributed by atoms with Crippen molar-refractivity contribution in [1.29, 1.82) is 0 Å². The first kappa shape index (κ1) is 27.8. The van der Waals surface area contributed by atoms with Gasteiger partial charge in [-0.3, -0.25) is 14.9 Å². The van der Waals surface area contributed by atoms with Crippen molar-refractivity contribution in [3.63, 3.8) is 0 Å². The van der Waals surface area contributed by atoms with Crippen molar-refractivity contribution >= 4 is 39.9 Å². The van der Waals surface area contributed by atoms with Gasteiger partial charge in [-0.05, 0) is 49.8 Å². The summed E-state index contributed by atoms with van der Waals surface area (Å²) in [6.45, 7) is 4.04. The predicted octanol–water partition coefficient (Wildman–Crippen LogP) is 5.50. The van der Waals surface area contributed by atoms with E-state index in [0.717, 1.165) is 29.3 Å². The Kier molecular flexibility index (Phi) is 8.60. The highest BCUT2D eigenvalue weighted by atomic mass is 32.1. The molecule has 0 fully saturated rings. The third kappa shape index (κ3) is 6.09. The quantitative estimate of drug-likeness (QED) is 0.209. The van der Waals surface area contributed by atoms with Gasteiger partial charge in [-0.2, -0.15) is 0 Å². The molecule has 2 aromatic carbocycles. The van der Waals surface area contributed by atoms with Crippen LogP contribution in [-0.2, 0) is 27.1 Å². The summed E-state index contributed by atoms with van der Waals surface area (Å²) < 4.78 is 15.9. The lowest BCUT2D eigenvalue weighted by Gasteiger charge is -2.19. The number of nitrogens with zero attached hydrogens (tertiary/aromatic N) is 1. The fourth-order valence-corrected chi connectivity index (χ4v) is 5.87. The van der Waals surface area contributed by atoms with E-state index >= 15 is 0 Å². The normalized spacial score (nSPS) is 15.0. The van der Waals surface area contributed by atoms with Crippen LogP contribution in [0.3, 0.4) is 0 Å². The van der Waals surface area contributed by atoms with Crippen LogP contribution in [0.2, 0.25) is 0 Å². The summed E-state index contributed by atoms with van der Waals surface area (Å²) in [5, 5.41) is 14.6. The number of rotatable bonds is 9. The van der Waals surface area contributed by atoms with Crippen LogP contribution in [0.15, 0.2) is 48.5 Å². The van der Waals surface area contributed by atoms with Gasteiger partial charge in [0.15, 0.2) is 5.75 Å². The maximum atomic E-state index is 13.6. The summed E-state index contributed by atoms with van der Waals surface area (Å²) in [6, 6.07) is 12.0. The van der Waals surface area contributed by atoms with Crippen LogP contribution in [0, 0.1) is 16.0 Å². The van der Waals surface area contributed by atoms with Gasteiger partial charge >= 0.3 is 17.6 Å². The Labute approximate surface area is 229 Å². The van der Waals surface area contributed by atoms with E-state index in [0.29, 0.717) is 28.5 Å². The molecule has 0 spiro atoms. The minimum Gasteiger partial charge on any atom is -0.490 e. The number of carbonyl (C=O) groups is 3. The zero-order chi connectivity index (χ0) is 28.1. The first-order valence-corrected chi connectivity index (χ1v) is 13.3. The number of esters is 2. The molecule has 1 amide bonds. The Morgan fingerprint density at radius 1 is 1.15 bits per heavy atom. The van der Waals surface area contributed by atoms with E-state index in [1.165, 1.54) is 30.6 Å². The van der Waals surface area contributed by atoms with Crippen molar-refractivity contribution < 1.29 is 33.5 Å². The number of nitrogens with one attached hydrogen (secondary N) is 1. The Hall–Kier alpha value is -4.25. The van der Waals surface area contributed by atoms with Crippen LogP contribution in [0.5, 0.6) is 5.75 Å². The number of hydrogen-bond donors (Lipinski definition) is 1. The molecule has 4 rings (SSSR count). The van der Waals surface area contributed by atoms with E-state index in [2.05, 4.69) is 12.2 Å². The van der Waals surface area contributed by atoms with Gasteiger partial charge in [-0.25, -0.2) is 9.59 Å². The molecule has 2 atom stereocenters. The lowest BCUT2D eigenvalue weighted by molar-refractivity contribution is -0.385. The molecule has 204 valence electrons. The summed E-state index contributed by atoms with van der Waals surface area (Å²) in [5.74, 6) is -1.69. The molecule has 1 N–H and O–H groups in total. The molecule has 1 aromatic heterocycles. The van der Waals surface area contributed by atoms with E-state index in [1.807, 2.05) is 0 Å². The maximum absolute atomic E-state index is 13.6. The SMILES string of the molecule is CCOC(=O)c1c(NC(=O)C(OC(=O)c2ccc(OC)c([N+](=O)[O-])c2)c2ccccc2)sc2c1CCC(C)C2. The first-order valence-electron chi connectivity index (χ1n) is 12.4. The number of methoxy groups -OCH3 is 1. The Morgan fingerprint density at radius 2 is 1.90 bits per heavy atom. The second-order valence-corrected chi connectivity index (χ2v) is 10.2. The number of hydrogen-bond acceptors (Lipinski definition) is 9. The molecule has 39 heavy (non-hydrogen) atoms. The van der Waals surface area contributed by atoms with Crippen LogP contribution in [0.25, 0.3) is 0 Å². The van der Waals surface area contributed by atoms with Gasteiger partial charge in [0.1, 0.15) is 5.00 Å². The molecule has 0 aliphatic heterocycles. The average Bonchev–Trinajstić information content (AvgIpc) is 3.28. The van der Waals surface area contributed by atoms with Crippen LogP contribution in [0.4, 0.5) is 10.7 Å². The van der Waals surface area contributed by atoms with E-state index < -0.39 is 34.6 Å². The minimum atomic E-state index is -1.40. The molecule has 1 aliphatic carbocycles. The van der Waals surface area contributed by atoms with Crippen molar-refractivity contribution in [1.82, 2.24) is 0 Å². The number of amides is 1. The summed E-state index contributed by atoms with van der Waals surface area (Å²) in [7, 11) is 1.28. The number of nitro groups is 1. The van der Waals surface area contributed by atoms with Crippen LogP contribution in [-0.4, -0.2) is 36.5 Å². The molecule has 0 saturated heterocycles. The van der Waals surface area contributed by atoms with Gasteiger partial charge in [0.25, 0.3) is 5.91 Å². The number of nitro benzene ring substituents is 1. The third-order valence-electron chi connectivity index (χ3n) is 6.40. The molecule has 2 unspecified atom stereocenters. The van der Waals surface area contributed by atoms with E-state index in [4.69, 9.17) is 14.2 Å². The number of fused-ring (bicyclic) bond motifs is 1. The van der Waals surface area contributed by atoms with Gasteiger partial charge in [0.05, 0.1) is 29.8 Å². The molecule has 10 nitrogen and oxygen atoms in total. The molecule has 0 saturated carbocycles. The molecule has 3 aromatic rings. The standard InChI is InChI=1S/C28H28N2O8S/c1-4-37-28(33)23-19-12-10-16(2)14-22(19)39-26(23)29-25(31)24(17-8-6-5-7-9-17)38-27(32)18-11-13-21(36-3)20(15-18)30(34)35/h5-9,11,13,15-16,24H,4,10,12,14H2,1-3H3,(H,29,31). The highest BCUT2D eigenvalue weighted by Crippen LogP contribution is 2.40. The minimum absolute atomic E-state index is 0.0172. The van der Waals surface area contributed by atoms with Crippen molar-refractivity contribution in [2.75, 3.05) is 19.0 Å². The van der Waals surface area contributed by atoms with Crippen molar-refractivity contribution in [2.45, 2.75) is 39.2 Å². The van der Waals surface area contributed by atoms with E-state index in [9.17, 15) is 24.5 Å². The lowest BCUT2D eigenvalue weighted by Crippen LogP contribution is -2.26. The fraction of sp³-hybridized carbons (Fsp3) is 0.321. The zero-order valence-electron chi connectivity index (χ0n) is 21.7. The van der Waals surface area contributed by atoms with Crippen molar-refractivity contribution in [3.8, 4) is 5.75 Å². The summed E-state index contributed by atoms with van der Waals surface area (Å²) >= 11 is 1.32. The van der Waals surface area contributed by atoms with Crippen LogP contribution >= 0.6 is 11.3 Å². The van der Waals surface area contributed by atoms with Gasteiger partial charge in [-0.15, -0.1) is 11.3 Å². The third-order valence-corrected chi connectivity index (χ3v) is 7.57. The smallest absolute Gasteiger partial charge is 0.341 e. The Bertz CT molecular complexity index is 1400. The second-order valence-electron chi connectivity index (χ2n) is 9.11. The number of benzene rings is 2. The topological polar surface area (TPSA) is 134 Å². The molecule has 0 bridgehead atoms. The van der Waals surface area contributed by atoms with Crippen LogP contribution < -0.4 is 10.1 Å². The van der Waals surface area contributed by atoms with Gasteiger partial charge in [-0.1, -0.05) is 37.3 Å². The lowest BCUT2D eigenvalue weighted by atomic mass is 9.88. The van der Waals surface area contributed by atoms with Crippen LogP contribution in [0.1, 0.15) is 63.1 Å². The molecule has 1 aliphatic rings. The maximum Gasteiger partial charge on any atom is 0.341 e. The second kappa shape index (κ2) is 12.1. The van der Waals surface area contributed by atoms with E-state index in [1.54, 1.807) is 37.3 Å². The Morgan fingerprint density at radius 3 is 2.56 bits per heavy atom. The number of anilines is 1. The summed E-state index contributed by atoms with van der Waals surface area (Å²) in [4.78, 5) is 51.3. The monoisotopic (exact) mass is 552 g/mol. The molecule has 1 heterocycles. The van der Waals surface area contributed by atoms with Crippen molar-refractivity contribution in [3.05, 3.63) is 85.8 Å². The molecular weight excluding hydrogens is 524 g/mol. The van der Waals surface area contributed by atoms with Crippen molar-refractivity contribution in [2.24, 2.45) is 5.92 Å². The largest absolute Gasteiger partial charge is 0.490 e. The molecule has 0 radical (unpaired) electrons. The average molecular weight is 553 g/mol. The van der Waals surface area contributed by atoms with E-state index in [-0.39, 0.29) is 17.9 Å². The predicted molar refractivity (Wildman–Crippen MR) is 144 cm³/mol.